The lowest BCUT2D eigenvalue weighted by molar-refractivity contribution is 0.524. The van der Waals surface area contributed by atoms with Crippen molar-refractivity contribution in [2.45, 2.75) is 13.0 Å². The number of nitrogens with two attached hydrogens (primary N) is 1. The van der Waals surface area contributed by atoms with E-state index in [2.05, 4.69) is 34.3 Å². The van der Waals surface area contributed by atoms with E-state index in [0.29, 0.717) is 0 Å². The molecule has 0 aliphatic heterocycles. The predicted octanol–water partition coefficient (Wildman–Crippen LogP) is 4.61. The summed E-state index contributed by atoms with van der Waals surface area (Å²) < 4.78 is 6.83. The van der Waals surface area contributed by atoms with Crippen LogP contribution >= 0.6 is 27.3 Å². The number of thiophene rings is 1. The number of aryl methyl sites for hydroxylation is 1. The maximum atomic E-state index is 6.27. The number of hydrogen-bond acceptors (Lipinski definition) is 3. The first-order chi connectivity index (χ1) is 8.66. The molecule has 0 saturated heterocycles. The Morgan fingerprint density at radius 2 is 2.17 bits per heavy atom. The molecule has 0 aliphatic carbocycles. The highest BCUT2D eigenvalue weighted by Crippen LogP contribution is 2.32. The lowest BCUT2D eigenvalue weighted by atomic mass is 10.1. The third-order valence-electron chi connectivity index (χ3n) is 3.06. The van der Waals surface area contributed by atoms with E-state index < -0.39 is 0 Å². The molecule has 1 unspecified atom stereocenters. The topological polar surface area (TPSA) is 39.2 Å². The number of benzene rings is 1. The van der Waals surface area contributed by atoms with Gasteiger partial charge in [0.05, 0.1) is 10.5 Å². The van der Waals surface area contributed by atoms with Crippen LogP contribution < -0.4 is 5.73 Å². The molecule has 2 aromatic heterocycles. The van der Waals surface area contributed by atoms with Gasteiger partial charge in [-0.05, 0) is 52.0 Å². The second kappa shape index (κ2) is 4.53. The van der Waals surface area contributed by atoms with Gasteiger partial charge >= 0.3 is 0 Å². The summed E-state index contributed by atoms with van der Waals surface area (Å²) in [5.74, 6) is 0.804. The van der Waals surface area contributed by atoms with E-state index in [9.17, 15) is 0 Å². The molecule has 1 atom stereocenters. The molecule has 3 rings (SSSR count). The Morgan fingerprint density at radius 1 is 1.33 bits per heavy atom. The van der Waals surface area contributed by atoms with Crippen molar-refractivity contribution in [1.29, 1.82) is 0 Å². The molecule has 1 aromatic carbocycles. The first kappa shape index (κ1) is 12.0. The van der Waals surface area contributed by atoms with E-state index in [-0.39, 0.29) is 6.04 Å². The molecule has 0 saturated carbocycles. The Bertz CT molecular complexity index is 701. The minimum atomic E-state index is -0.199. The highest BCUT2D eigenvalue weighted by Gasteiger charge is 2.17. The fraction of sp³-hybridized carbons (Fsp3) is 0.143. The van der Waals surface area contributed by atoms with Gasteiger partial charge in [-0.3, -0.25) is 0 Å². The van der Waals surface area contributed by atoms with Crippen LogP contribution in [0.25, 0.3) is 11.0 Å². The van der Waals surface area contributed by atoms with Crippen molar-refractivity contribution >= 4 is 38.2 Å². The SMILES string of the molecule is Cc1sccc1C(N)c1cc2cccc(Br)c2o1. The fourth-order valence-corrected chi connectivity index (χ4v) is 3.28. The third-order valence-corrected chi connectivity index (χ3v) is 4.54. The first-order valence-electron chi connectivity index (χ1n) is 5.64. The van der Waals surface area contributed by atoms with Crippen molar-refractivity contribution in [3.63, 3.8) is 0 Å². The Balaban J connectivity index is 2.10. The molecule has 92 valence electrons. The molecule has 0 amide bonds. The molecular weight excluding hydrogens is 310 g/mol. The third kappa shape index (κ3) is 1.90. The Morgan fingerprint density at radius 3 is 2.83 bits per heavy atom. The van der Waals surface area contributed by atoms with Crippen LogP contribution in [-0.4, -0.2) is 0 Å². The molecule has 18 heavy (non-hydrogen) atoms. The normalized spacial score (nSPS) is 13.1. The number of fused-ring (bicyclic) bond motifs is 1. The lowest BCUT2D eigenvalue weighted by Crippen LogP contribution is -2.10. The molecule has 0 radical (unpaired) electrons. The van der Waals surface area contributed by atoms with Crippen LogP contribution in [0.15, 0.2) is 44.6 Å². The zero-order chi connectivity index (χ0) is 12.7. The zero-order valence-electron chi connectivity index (χ0n) is 9.81. The highest BCUT2D eigenvalue weighted by molar-refractivity contribution is 9.10. The largest absolute Gasteiger partial charge is 0.458 e. The molecule has 0 fully saturated rings. The molecular formula is C14H12BrNOS. The van der Waals surface area contributed by atoms with Gasteiger partial charge in [-0.15, -0.1) is 11.3 Å². The van der Waals surface area contributed by atoms with Crippen LogP contribution in [-0.2, 0) is 0 Å². The van der Waals surface area contributed by atoms with Crippen LogP contribution in [0.3, 0.4) is 0 Å². The summed E-state index contributed by atoms with van der Waals surface area (Å²) in [7, 11) is 0. The number of furan rings is 1. The molecule has 3 aromatic rings. The van der Waals surface area contributed by atoms with Crippen molar-refractivity contribution in [1.82, 2.24) is 0 Å². The predicted molar refractivity (Wildman–Crippen MR) is 79.0 cm³/mol. The van der Waals surface area contributed by atoms with E-state index in [4.69, 9.17) is 10.2 Å². The summed E-state index contributed by atoms with van der Waals surface area (Å²) in [6.07, 6.45) is 0. The zero-order valence-corrected chi connectivity index (χ0v) is 12.2. The summed E-state index contributed by atoms with van der Waals surface area (Å²) in [5.41, 5.74) is 8.26. The van der Waals surface area contributed by atoms with Gasteiger partial charge in [-0.25, -0.2) is 0 Å². The van der Waals surface area contributed by atoms with Gasteiger partial charge in [-0.1, -0.05) is 12.1 Å². The number of para-hydroxylation sites is 1. The van der Waals surface area contributed by atoms with Crippen molar-refractivity contribution in [2.75, 3.05) is 0 Å². The van der Waals surface area contributed by atoms with E-state index >= 15 is 0 Å². The van der Waals surface area contributed by atoms with Crippen molar-refractivity contribution in [3.05, 3.63) is 56.4 Å². The van der Waals surface area contributed by atoms with Gasteiger partial charge in [0.1, 0.15) is 11.3 Å². The molecule has 2 heterocycles. The summed E-state index contributed by atoms with van der Waals surface area (Å²) >= 11 is 5.20. The van der Waals surface area contributed by atoms with Crippen LogP contribution in [0.1, 0.15) is 22.2 Å². The standard InChI is InChI=1S/C14H12BrNOS/c1-8-10(5-6-18-8)13(16)12-7-9-3-2-4-11(15)14(9)17-12/h2-7,13H,16H2,1H3. The van der Waals surface area contributed by atoms with E-state index in [1.165, 1.54) is 4.88 Å². The summed E-state index contributed by atoms with van der Waals surface area (Å²) in [4.78, 5) is 1.24. The van der Waals surface area contributed by atoms with Gasteiger partial charge in [0, 0.05) is 10.3 Å². The molecule has 4 heteroatoms. The Hall–Kier alpha value is -1.10. The minimum absolute atomic E-state index is 0.199. The van der Waals surface area contributed by atoms with Gasteiger partial charge in [0.2, 0.25) is 0 Å². The average molecular weight is 322 g/mol. The van der Waals surface area contributed by atoms with E-state index in [1.807, 2.05) is 24.3 Å². The molecule has 0 aliphatic rings. The summed E-state index contributed by atoms with van der Waals surface area (Å²) in [6, 6.07) is 9.87. The van der Waals surface area contributed by atoms with E-state index in [0.717, 1.165) is 26.8 Å². The maximum Gasteiger partial charge on any atom is 0.148 e. The van der Waals surface area contributed by atoms with Gasteiger partial charge in [0.25, 0.3) is 0 Å². The van der Waals surface area contributed by atoms with Gasteiger partial charge < -0.3 is 10.2 Å². The smallest absolute Gasteiger partial charge is 0.148 e. The van der Waals surface area contributed by atoms with Crippen molar-refractivity contribution < 1.29 is 4.42 Å². The van der Waals surface area contributed by atoms with Gasteiger partial charge in [-0.2, -0.15) is 0 Å². The second-order valence-corrected chi connectivity index (χ2v) is 6.19. The first-order valence-corrected chi connectivity index (χ1v) is 7.31. The molecule has 0 spiro atoms. The Kier molecular flexibility index (Phi) is 3.01. The van der Waals surface area contributed by atoms with Crippen LogP contribution in [0.4, 0.5) is 0 Å². The second-order valence-electron chi connectivity index (χ2n) is 4.22. The fourth-order valence-electron chi connectivity index (χ4n) is 2.07. The molecule has 0 bridgehead atoms. The quantitative estimate of drug-likeness (QED) is 0.748. The lowest BCUT2D eigenvalue weighted by Gasteiger charge is -2.07. The summed E-state index contributed by atoms with van der Waals surface area (Å²) in [5, 5.41) is 3.13. The molecule has 2 nitrogen and oxygen atoms in total. The van der Waals surface area contributed by atoms with Crippen LogP contribution in [0.5, 0.6) is 0 Å². The monoisotopic (exact) mass is 321 g/mol. The van der Waals surface area contributed by atoms with Crippen molar-refractivity contribution in [3.8, 4) is 0 Å². The number of rotatable bonds is 2. The Labute approximate surface area is 118 Å². The van der Waals surface area contributed by atoms with Crippen molar-refractivity contribution in [2.24, 2.45) is 5.73 Å². The van der Waals surface area contributed by atoms with Crippen LogP contribution in [0, 0.1) is 6.92 Å². The minimum Gasteiger partial charge on any atom is -0.458 e. The number of halogens is 1. The summed E-state index contributed by atoms with van der Waals surface area (Å²) in [6.45, 7) is 2.08. The van der Waals surface area contributed by atoms with Crippen LogP contribution in [0.2, 0.25) is 0 Å². The maximum absolute atomic E-state index is 6.27. The van der Waals surface area contributed by atoms with Gasteiger partial charge in [0.15, 0.2) is 0 Å². The molecule has 2 N–H and O–H groups in total. The van der Waals surface area contributed by atoms with E-state index in [1.54, 1.807) is 11.3 Å². The highest BCUT2D eigenvalue weighted by atomic mass is 79.9. The average Bonchev–Trinajstić information content (AvgIpc) is 2.95. The number of hydrogen-bond donors (Lipinski definition) is 1.